The summed E-state index contributed by atoms with van der Waals surface area (Å²) in [5, 5.41) is 13.0. The van der Waals surface area contributed by atoms with Gasteiger partial charge in [-0.15, -0.1) is 0 Å². The number of carbonyl (C=O) groups excluding carboxylic acids is 1. The van der Waals surface area contributed by atoms with Gasteiger partial charge in [-0.2, -0.15) is 0 Å². The molecule has 3 aliphatic carbocycles. The predicted octanol–water partition coefficient (Wildman–Crippen LogP) is 3.45. The molecule has 0 spiro atoms. The molecule has 0 radical (unpaired) electrons. The first kappa shape index (κ1) is 16.4. The minimum atomic E-state index is -0.587. The molecule has 4 heteroatoms. The van der Waals surface area contributed by atoms with Crippen LogP contribution in [-0.4, -0.2) is 23.0 Å². The number of carbonyl (C=O) groups is 2. The molecule has 0 aromatic rings. The molecule has 4 nitrogen and oxygen atoms in total. The molecule has 3 unspecified atom stereocenters. The number of piperidine rings is 1. The molecule has 8 atom stereocenters. The molecule has 0 bridgehead atoms. The van der Waals surface area contributed by atoms with Gasteiger partial charge < -0.3 is 10.4 Å². The number of fused-ring (bicyclic) bond motifs is 5. The molecule has 1 heterocycles. The van der Waals surface area contributed by atoms with Crippen LogP contribution in [0.5, 0.6) is 0 Å². The minimum Gasteiger partial charge on any atom is -0.481 e. The Labute approximate surface area is 144 Å². The van der Waals surface area contributed by atoms with E-state index < -0.39 is 5.97 Å². The van der Waals surface area contributed by atoms with E-state index in [1.807, 2.05) is 0 Å². The fourth-order valence-electron chi connectivity index (χ4n) is 7.45. The van der Waals surface area contributed by atoms with Crippen LogP contribution in [0, 0.1) is 40.4 Å². The number of carboxylic acid groups (broad SMARTS) is 1. The van der Waals surface area contributed by atoms with Crippen molar-refractivity contribution in [3.05, 3.63) is 0 Å². The van der Waals surface area contributed by atoms with Gasteiger partial charge in [-0.3, -0.25) is 9.59 Å². The van der Waals surface area contributed by atoms with Gasteiger partial charge in [0.05, 0.1) is 5.92 Å². The van der Waals surface area contributed by atoms with Gasteiger partial charge in [0, 0.05) is 12.5 Å². The van der Waals surface area contributed by atoms with Crippen molar-refractivity contribution in [3.63, 3.8) is 0 Å². The van der Waals surface area contributed by atoms with Crippen LogP contribution in [-0.2, 0) is 9.59 Å². The second kappa shape index (κ2) is 5.22. The summed E-state index contributed by atoms with van der Waals surface area (Å²) in [6.07, 6.45) is 6.82. The van der Waals surface area contributed by atoms with Crippen molar-refractivity contribution < 1.29 is 14.7 Å². The molecule has 4 rings (SSSR count). The molecule has 0 aromatic carbocycles. The number of hydrogen-bond acceptors (Lipinski definition) is 2. The van der Waals surface area contributed by atoms with Gasteiger partial charge in [0.15, 0.2) is 0 Å². The van der Waals surface area contributed by atoms with E-state index in [0.29, 0.717) is 36.1 Å². The zero-order valence-corrected chi connectivity index (χ0v) is 15.2. The average Bonchev–Trinajstić information content (AvgIpc) is 2.86. The van der Waals surface area contributed by atoms with Gasteiger partial charge >= 0.3 is 5.97 Å². The van der Waals surface area contributed by atoms with E-state index in [1.165, 1.54) is 0 Å². The fraction of sp³-hybridized carbons (Fsp3) is 0.900. The van der Waals surface area contributed by atoms with Gasteiger partial charge in [-0.25, -0.2) is 0 Å². The third-order valence-corrected chi connectivity index (χ3v) is 8.76. The molecule has 24 heavy (non-hydrogen) atoms. The lowest BCUT2D eigenvalue weighted by molar-refractivity contribution is -0.156. The van der Waals surface area contributed by atoms with Crippen molar-refractivity contribution in [2.75, 3.05) is 0 Å². The first-order valence-electron chi connectivity index (χ1n) is 9.79. The summed E-state index contributed by atoms with van der Waals surface area (Å²) in [6, 6.07) is 0.316. The molecule has 134 valence electrons. The van der Waals surface area contributed by atoms with Crippen LogP contribution in [0.3, 0.4) is 0 Å². The minimum absolute atomic E-state index is 0.0254. The highest BCUT2D eigenvalue weighted by Crippen LogP contribution is 2.66. The van der Waals surface area contributed by atoms with Gasteiger partial charge in [0.1, 0.15) is 0 Å². The summed E-state index contributed by atoms with van der Waals surface area (Å²) in [7, 11) is 0. The maximum absolute atomic E-state index is 11.9. The van der Waals surface area contributed by atoms with E-state index >= 15 is 0 Å². The lowest BCUT2D eigenvalue weighted by atomic mass is 9.45. The van der Waals surface area contributed by atoms with Gasteiger partial charge in [-0.05, 0) is 73.0 Å². The SMILES string of the molecule is CC1CC2NC(=O)CC[C@]2(C)[C@@H]2CC[C@]3(C)C(C(=O)O)CC[C@H]3[C@H]12. The lowest BCUT2D eigenvalue weighted by Crippen LogP contribution is -2.63. The Hall–Kier alpha value is -1.06. The van der Waals surface area contributed by atoms with Gasteiger partial charge in [0.2, 0.25) is 5.91 Å². The fourth-order valence-corrected chi connectivity index (χ4v) is 7.45. The Kier molecular flexibility index (Phi) is 3.57. The summed E-state index contributed by atoms with van der Waals surface area (Å²) in [4.78, 5) is 23.7. The largest absolute Gasteiger partial charge is 0.481 e. The Morgan fingerprint density at radius 1 is 1.12 bits per heavy atom. The summed E-state index contributed by atoms with van der Waals surface area (Å²) in [5.41, 5.74) is 0.177. The molecular formula is C20H31NO3. The highest BCUT2D eigenvalue weighted by atomic mass is 16.4. The Bertz CT molecular complexity index is 575. The van der Waals surface area contributed by atoms with Crippen molar-refractivity contribution in [1.82, 2.24) is 5.32 Å². The molecule has 3 saturated carbocycles. The van der Waals surface area contributed by atoms with E-state index in [2.05, 4.69) is 26.1 Å². The Morgan fingerprint density at radius 2 is 1.83 bits per heavy atom. The third kappa shape index (κ3) is 2.04. The standard InChI is InChI=1S/C20H31NO3/c1-11-10-15-20(3,9-7-16(22)21-15)13-6-8-19(2)12(17(11)13)4-5-14(19)18(23)24/h11-15,17H,4-10H2,1-3H3,(H,21,22)(H,23,24)/t11?,12-,13+,14?,15?,17-,19-,20+/m0/s1. The maximum Gasteiger partial charge on any atom is 0.307 e. The molecule has 2 N–H and O–H groups in total. The smallest absolute Gasteiger partial charge is 0.307 e. The zero-order chi connectivity index (χ0) is 17.3. The number of aliphatic carboxylic acids is 1. The number of hydrogen-bond donors (Lipinski definition) is 2. The Morgan fingerprint density at radius 3 is 2.54 bits per heavy atom. The van der Waals surface area contributed by atoms with Crippen molar-refractivity contribution in [2.45, 2.75) is 71.8 Å². The number of nitrogens with one attached hydrogen (secondary N) is 1. The van der Waals surface area contributed by atoms with Crippen LogP contribution in [0.1, 0.15) is 65.7 Å². The van der Waals surface area contributed by atoms with Crippen LogP contribution >= 0.6 is 0 Å². The summed E-state index contributed by atoms with van der Waals surface area (Å²) < 4.78 is 0. The predicted molar refractivity (Wildman–Crippen MR) is 91.2 cm³/mol. The maximum atomic E-state index is 11.9. The number of carboxylic acids is 1. The molecule has 4 fully saturated rings. The van der Waals surface area contributed by atoms with E-state index in [9.17, 15) is 14.7 Å². The topological polar surface area (TPSA) is 66.4 Å². The second-order valence-electron chi connectivity index (χ2n) is 9.64. The first-order chi connectivity index (χ1) is 11.3. The van der Waals surface area contributed by atoms with Crippen LogP contribution in [0.15, 0.2) is 0 Å². The zero-order valence-electron chi connectivity index (χ0n) is 15.2. The van der Waals surface area contributed by atoms with E-state index in [0.717, 1.165) is 38.5 Å². The first-order valence-corrected chi connectivity index (χ1v) is 9.79. The normalized spacial score (nSPS) is 53.5. The summed E-state index contributed by atoms with van der Waals surface area (Å²) >= 11 is 0. The lowest BCUT2D eigenvalue weighted by Gasteiger charge is -2.62. The van der Waals surface area contributed by atoms with Crippen molar-refractivity contribution in [2.24, 2.45) is 40.4 Å². The van der Waals surface area contributed by atoms with Crippen molar-refractivity contribution in [3.8, 4) is 0 Å². The van der Waals surface area contributed by atoms with E-state index in [-0.39, 0.29) is 22.7 Å². The van der Waals surface area contributed by atoms with Crippen molar-refractivity contribution >= 4 is 11.9 Å². The van der Waals surface area contributed by atoms with Crippen LogP contribution in [0.2, 0.25) is 0 Å². The van der Waals surface area contributed by atoms with Crippen LogP contribution in [0.4, 0.5) is 0 Å². The second-order valence-corrected chi connectivity index (χ2v) is 9.64. The number of amides is 1. The summed E-state index contributed by atoms with van der Waals surface area (Å²) in [6.45, 7) is 6.99. The monoisotopic (exact) mass is 333 g/mol. The van der Waals surface area contributed by atoms with Crippen LogP contribution in [0.25, 0.3) is 0 Å². The van der Waals surface area contributed by atoms with Crippen molar-refractivity contribution in [1.29, 1.82) is 0 Å². The molecule has 1 saturated heterocycles. The number of rotatable bonds is 1. The molecule has 4 aliphatic rings. The quantitative estimate of drug-likeness (QED) is 0.772. The Balaban J connectivity index is 1.67. The van der Waals surface area contributed by atoms with Gasteiger partial charge in [0.25, 0.3) is 0 Å². The average molecular weight is 333 g/mol. The highest BCUT2D eigenvalue weighted by Gasteiger charge is 2.63. The summed E-state index contributed by atoms with van der Waals surface area (Å²) in [5.74, 6) is 1.85. The highest BCUT2D eigenvalue weighted by molar-refractivity contribution is 5.77. The van der Waals surface area contributed by atoms with Gasteiger partial charge in [-0.1, -0.05) is 20.8 Å². The van der Waals surface area contributed by atoms with E-state index in [1.54, 1.807) is 0 Å². The third-order valence-electron chi connectivity index (χ3n) is 8.76. The van der Waals surface area contributed by atoms with E-state index in [4.69, 9.17) is 0 Å². The van der Waals surface area contributed by atoms with Crippen LogP contribution < -0.4 is 5.32 Å². The molecule has 1 amide bonds. The molecule has 1 aliphatic heterocycles. The molecule has 0 aromatic heterocycles. The molecular weight excluding hydrogens is 302 g/mol.